The van der Waals surface area contributed by atoms with Crippen LogP contribution in [-0.4, -0.2) is 44.4 Å². The number of benzene rings is 1. The monoisotopic (exact) mass is 272 g/mol. The van der Waals surface area contributed by atoms with Crippen molar-refractivity contribution >= 4 is 11.5 Å². The molecule has 0 aliphatic carbocycles. The van der Waals surface area contributed by atoms with Crippen LogP contribution in [-0.2, 0) is 0 Å². The summed E-state index contributed by atoms with van der Waals surface area (Å²) in [6.45, 7) is 5.43. The van der Waals surface area contributed by atoms with Crippen molar-refractivity contribution < 1.29 is 4.79 Å². The van der Waals surface area contributed by atoms with Gasteiger partial charge in [0.25, 0.3) is 0 Å². The van der Waals surface area contributed by atoms with E-state index in [0.717, 1.165) is 12.1 Å². The highest BCUT2D eigenvalue weighted by Crippen LogP contribution is 2.34. The molecule has 0 radical (unpaired) electrons. The number of aryl methyl sites for hydroxylation is 1. The van der Waals surface area contributed by atoms with Gasteiger partial charge in [0.15, 0.2) is 5.78 Å². The zero-order chi connectivity index (χ0) is 14.3. The van der Waals surface area contributed by atoms with Crippen molar-refractivity contribution in [2.24, 2.45) is 11.8 Å². The summed E-state index contributed by atoms with van der Waals surface area (Å²) in [7, 11) is 4.08. The van der Waals surface area contributed by atoms with E-state index < -0.39 is 0 Å². The molecule has 1 aromatic rings. The summed E-state index contributed by atoms with van der Waals surface area (Å²) in [5, 5.41) is 0. The Kier molecular flexibility index (Phi) is 3.55. The standard InChI is InChI=1S/C17H24N2O/c1-12-10-14(4-5-16(12)18(2)3)17(20)15-11-19-8-6-13(15)7-9-19/h4-5,10,13,15H,6-9,11H2,1-3H3. The Hall–Kier alpha value is -1.35. The lowest BCUT2D eigenvalue weighted by molar-refractivity contribution is 0.0419. The van der Waals surface area contributed by atoms with Gasteiger partial charge in [0.2, 0.25) is 0 Å². The molecule has 108 valence electrons. The van der Waals surface area contributed by atoms with Crippen LogP contribution in [0.2, 0.25) is 0 Å². The maximum atomic E-state index is 12.8. The average Bonchev–Trinajstić information content (AvgIpc) is 2.47. The average molecular weight is 272 g/mol. The molecule has 0 amide bonds. The van der Waals surface area contributed by atoms with E-state index in [9.17, 15) is 4.79 Å². The summed E-state index contributed by atoms with van der Waals surface area (Å²) in [6, 6.07) is 6.14. The molecule has 3 nitrogen and oxygen atoms in total. The summed E-state index contributed by atoms with van der Waals surface area (Å²) in [5.41, 5.74) is 3.27. The minimum atomic E-state index is 0.224. The van der Waals surface area contributed by atoms with Crippen LogP contribution in [0.5, 0.6) is 0 Å². The number of Topliss-reactive ketones (excluding diaryl/α,β-unsaturated/α-hetero) is 1. The number of carbonyl (C=O) groups excluding carboxylic acids is 1. The lowest BCUT2D eigenvalue weighted by atomic mass is 9.75. The van der Waals surface area contributed by atoms with Gasteiger partial charge in [-0.25, -0.2) is 0 Å². The quantitative estimate of drug-likeness (QED) is 0.790. The van der Waals surface area contributed by atoms with Gasteiger partial charge in [-0.15, -0.1) is 0 Å². The Balaban J connectivity index is 1.82. The van der Waals surface area contributed by atoms with Crippen LogP contribution in [0.3, 0.4) is 0 Å². The van der Waals surface area contributed by atoms with Gasteiger partial charge in [-0.05, 0) is 62.5 Å². The van der Waals surface area contributed by atoms with Crippen molar-refractivity contribution in [2.45, 2.75) is 19.8 Å². The summed E-state index contributed by atoms with van der Waals surface area (Å²) in [5.74, 6) is 1.19. The number of carbonyl (C=O) groups is 1. The first kappa shape index (κ1) is 13.6. The first-order valence-electron chi connectivity index (χ1n) is 7.61. The van der Waals surface area contributed by atoms with Crippen LogP contribution < -0.4 is 4.90 Å². The van der Waals surface area contributed by atoms with E-state index in [1.807, 2.05) is 20.2 Å². The largest absolute Gasteiger partial charge is 0.377 e. The molecule has 3 fully saturated rings. The molecule has 1 atom stereocenters. The zero-order valence-electron chi connectivity index (χ0n) is 12.7. The topological polar surface area (TPSA) is 23.6 Å². The van der Waals surface area contributed by atoms with Crippen LogP contribution in [0, 0.1) is 18.8 Å². The van der Waals surface area contributed by atoms with E-state index in [4.69, 9.17) is 0 Å². The second-order valence-corrected chi connectivity index (χ2v) is 6.50. The van der Waals surface area contributed by atoms with Crippen LogP contribution in [0.4, 0.5) is 5.69 Å². The summed E-state index contributed by atoms with van der Waals surface area (Å²) >= 11 is 0. The second-order valence-electron chi connectivity index (χ2n) is 6.50. The van der Waals surface area contributed by atoms with Gasteiger partial charge in [0.05, 0.1) is 0 Å². The molecule has 0 aromatic heterocycles. The van der Waals surface area contributed by atoms with Gasteiger partial charge in [0.1, 0.15) is 0 Å². The van der Waals surface area contributed by atoms with Crippen molar-refractivity contribution in [3.8, 4) is 0 Å². The molecule has 3 heteroatoms. The number of piperidine rings is 3. The predicted octanol–water partition coefficient (Wildman–Crippen LogP) is 2.59. The Morgan fingerprint density at radius 2 is 1.95 bits per heavy atom. The molecule has 0 saturated carbocycles. The molecule has 4 rings (SSSR count). The Morgan fingerprint density at radius 1 is 1.25 bits per heavy atom. The third kappa shape index (κ3) is 2.35. The minimum Gasteiger partial charge on any atom is -0.377 e. The molecule has 3 aliphatic heterocycles. The number of nitrogens with zero attached hydrogens (tertiary/aromatic N) is 2. The first-order valence-corrected chi connectivity index (χ1v) is 7.61. The number of fused-ring (bicyclic) bond motifs is 3. The molecular formula is C17H24N2O. The van der Waals surface area contributed by atoms with E-state index in [1.165, 1.54) is 37.2 Å². The van der Waals surface area contributed by atoms with Gasteiger partial charge in [-0.1, -0.05) is 0 Å². The van der Waals surface area contributed by atoms with Gasteiger partial charge in [0, 0.05) is 37.8 Å². The maximum Gasteiger partial charge on any atom is 0.167 e. The van der Waals surface area contributed by atoms with Crippen LogP contribution >= 0.6 is 0 Å². The van der Waals surface area contributed by atoms with E-state index in [-0.39, 0.29) is 5.92 Å². The zero-order valence-corrected chi connectivity index (χ0v) is 12.7. The third-order valence-electron chi connectivity index (χ3n) is 4.96. The summed E-state index contributed by atoms with van der Waals surface area (Å²) in [6.07, 6.45) is 2.40. The smallest absolute Gasteiger partial charge is 0.167 e. The van der Waals surface area contributed by atoms with Gasteiger partial charge in [-0.2, -0.15) is 0 Å². The number of anilines is 1. The van der Waals surface area contributed by atoms with Crippen molar-refractivity contribution in [1.29, 1.82) is 0 Å². The van der Waals surface area contributed by atoms with Crippen molar-refractivity contribution in [2.75, 3.05) is 38.6 Å². The number of hydrogen-bond donors (Lipinski definition) is 0. The lowest BCUT2D eigenvalue weighted by Gasteiger charge is -2.44. The fourth-order valence-electron chi connectivity index (χ4n) is 3.79. The second kappa shape index (κ2) is 5.21. The highest BCUT2D eigenvalue weighted by molar-refractivity contribution is 5.99. The van der Waals surface area contributed by atoms with E-state index in [2.05, 4.69) is 28.9 Å². The number of rotatable bonds is 3. The molecule has 0 N–H and O–H groups in total. The molecule has 3 saturated heterocycles. The Labute approximate surface area is 121 Å². The first-order chi connectivity index (χ1) is 9.56. The van der Waals surface area contributed by atoms with Crippen LogP contribution in [0.25, 0.3) is 0 Å². The molecule has 2 bridgehead atoms. The van der Waals surface area contributed by atoms with Crippen LogP contribution in [0.15, 0.2) is 18.2 Å². The molecule has 0 spiro atoms. The fraction of sp³-hybridized carbons (Fsp3) is 0.588. The van der Waals surface area contributed by atoms with Crippen molar-refractivity contribution in [1.82, 2.24) is 4.90 Å². The molecule has 1 unspecified atom stereocenters. The molecular weight excluding hydrogens is 248 g/mol. The predicted molar refractivity (Wildman–Crippen MR) is 82.5 cm³/mol. The SMILES string of the molecule is Cc1cc(C(=O)C2CN3CCC2CC3)ccc1N(C)C. The highest BCUT2D eigenvalue weighted by atomic mass is 16.1. The number of ketones is 1. The number of hydrogen-bond acceptors (Lipinski definition) is 3. The maximum absolute atomic E-state index is 12.8. The Morgan fingerprint density at radius 3 is 2.45 bits per heavy atom. The van der Waals surface area contributed by atoms with Gasteiger partial charge >= 0.3 is 0 Å². The normalized spacial score (nSPS) is 28.4. The molecule has 20 heavy (non-hydrogen) atoms. The third-order valence-corrected chi connectivity index (χ3v) is 4.96. The fourth-order valence-corrected chi connectivity index (χ4v) is 3.79. The molecule has 3 heterocycles. The van der Waals surface area contributed by atoms with Gasteiger partial charge in [-0.3, -0.25) is 4.79 Å². The van der Waals surface area contributed by atoms with Crippen molar-refractivity contribution in [3.63, 3.8) is 0 Å². The Bertz CT molecular complexity index is 516. The van der Waals surface area contributed by atoms with Crippen molar-refractivity contribution in [3.05, 3.63) is 29.3 Å². The van der Waals surface area contributed by atoms with E-state index >= 15 is 0 Å². The highest BCUT2D eigenvalue weighted by Gasteiger charge is 2.38. The lowest BCUT2D eigenvalue weighted by Crippen LogP contribution is -2.50. The van der Waals surface area contributed by atoms with E-state index in [1.54, 1.807) is 0 Å². The summed E-state index contributed by atoms with van der Waals surface area (Å²) in [4.78, 5) is 17.3. The minimum absolute atomic E-state index is 0.224. The van der Waals surface area contributed by atoms with Gasteiger partial charge < -0.3 is 9.80 Å². The molecule has 1 aromatic carbocycles. The van der Waals surface area contributed by atoms with Crippen LogP contribution in [0.1, 0.15) is 28.8 Å². The summed E-state index contributed by atoms with van der Waals surface area (Å²) < 4.78 is 0. The molecule has 3 aliphatic rings. The van der Waals surface area contributed by atoms with E-state index in [0.29, 0.717) is 11.7 Å².